The van der Waals surface area contributed by atoms with Crippen molar-refractivity contribution in [1.29, 1.82) is 0 Å². The predicted octanol–water partition coefficient (Wildman–Crippen LogP) is 7.37. The minimum atomic E-state index is 0.358. The van der Waals surface area contributed by atoms with Crippen LogP contribution in [0.15, 0.2) is 103 Å². The second kappa shape index (κ2) is 14.2. The summed E-state index contributed by atoms with van der Waals surface area (Å²) < 4.78 is 12.4. The van der Waals surface area contributed by atoms with E-state index < -0.39 is 0 Å². The number of nitrogens with one attached hydrogen (secondary N) is 2. The zero-order valence-electron chi connectivity index (χ0n) is 25.6. The molecule has 6 rings (SSSR count). The summed E-state index contributed by atoms with van der Waals surface area (Å²) in [6.07, 6.45) is 4.31. The fourth-order valence-electron chi connectivity index (χ4n) is 5.73. The fraction of sp³-hybridized carbons (Fsp3) is 0.297. The van der Waals surface area contributed by atoms with Crippen LogP contribution >= 0.6 is 0 Å². The molecule has 0 unspecified atom stereocenters. The van der Waals surface area contributed by atoms with Crippen molar-refractivity contribution in [2.45, 2.75) is 57.5 Å². The molecular weight excluding hydrogens is 546 g/mol. The molecule has 0 aliphatic heterocycles. The molecule has 0 spiro atoms. The number of rotatable bonds is 12. The number of hydrogen-bond acceptors (Lipinski definition) is 7. The molecule has 0 atom stereocenters. The lowest BCUT2D eigenvalue weighted by atomic mass is 9.91. The second-order valence-electron chi connectivity index (χ2n) is 11.7. The van der Waals surface area contributed by atoms with Gasteiger partial charge in [-0.2, -0.15) is 4.98 Å². The van der Waals surface area contributed by atoms with Crippen LogP contribution in [-0.4, -0.2) is 36.1 Å². The lowest BCUT2D eigenvalue weighted by Crippen LogP contribution is -2.37. The van der Waals surface area contributed by atoms with E-state index in [1.165, 1.54) is 0 Å². The summed E-state index contributed by atoms with van der Waals surface area (Å²) in [5.74, 6) is 3.28. The highest BCUT2D eigenvalue weighted by atomic mass is 16.5. The molecular formula is C37H41N5O2. The van der Waals surface area contributed by atoms with Gasteiger partial charge < -0.3 is 25.0 Å². The van der Waals surface area contributed by atoms with Crippen LogP contribution in [0.4, 0.5) is 11.8 Å². The molecule has 226 valence electrons. The number of nitrogens with zero attached hydrogens (tertiary/aromatic N) is 3. The molecule has 0 bridgehead atoms. The summed E-state index contributed by atoms with van der Waals surface area (Å²) in [5.41, 5.74) is 4.39. The van der Waals surface area contributed by atoms with Crippen molar-refractivity contribution in [2.75, 3.05) is 24.3 Å². The van der Waals surface area contributed by atoms with E-state index in [2.05, 4.69) is 64.1 Å². The highest BCUT2D eigenvalue weighted by Crippen LogP contribution is 2.28. The molecule has 2 N–H and O–H groups in total. The van der Waals surface area contributed by atoms with Gasteiger partial charge in [-0.15, -0.1) is 0 Å². The van der Waals surface area contributed by atoms with Crippen LogP contribution in [0.1, 0.15) is 42.4 Å². The van der Waals surface area contributed by atoms with E-state index in [0.29, 0.717) is 31.2 Å². The number of para-hydroxylation sites is 1. The van der Waals surface area contributed by atoms with Crippen LogP contribution in [0.2, 0.25) is 0 Å². The van der Waals surface area contributed by atoms with E-state index in [9.17, 15) is 0 Å². The van der Waals surface area contributed by atoms with Crippen LogP contribution in [0.3, 0.4) is 0 Å². The van der Waals surface area contributed by atoms with E-state index in [1.54, 1.807) is 0 Å². The van der Waals surface area contributed by atoms with Crippen molar-refractivity contribution in [3.8, 4) is 11.5 Å². The Balaban J connectivity index is 1.06. The highest BCUT2D eigenvalue weighted by molar-refractivity contribution is 5.90. The minimum absolute atomic E-state index is 0.358. The Hall–Kier alpha value is -4.62. The Morgan fingerprint density at radius 2 is 1.23 bits per heavy atom. The first kappa shape index (κ1) is 29.5. The van der Waals surface area contributed by atoms with E-state index in [0.717, 1.165) is 77.1 Å². The maximum Gasteiger partial charge on any atom is 0.225 e. The second-order valence-corrected chi connectivity index (χ2v) is 11.7. The number of anilines is 2. The third-order valence-corrected chi connectivity index (χ3v) is 8.10. The van der Waals surface area contributed by atoms with E-state index in [1.807, 2.05) is 68.7 Å². The zero-order chi connectivity index (χ0) is 30.1. The Bertz CT molecular complexity index is 1580. The van der Waals surface area contributed by atoms with Gasteiger partial charge in [-0.3, -0.25) is 0 Å². The molecule has 4 aromatic carbocycles. The third-order valence-electron chi connectivity index (χ3n) is 8.10. The third kappa shape index (κ3) is 7.85. The van der Waals surface area contributed by atoms with Crippen molar-refractivity contribution >= 4 is 22.7 Å². The number of hydrogen-bond donors (Lipinski definition) is 2. The lowest BCUT2D eigenvalue weighted by Gasteiger charge is -2.30. The van der Waals surface area contributed by atoms with Gasteiger partial charge >= 0.3 is 0 Å². The monoisotopic (exact) mass is 587 g/mol. The minimum Gasteiger partial charge on any atom is -0.489 e. The first-order chi connectivity index (χ1) is 21.6. The summed E-state index contributed by atoms with van der Waals surface area (Å²) in [4.78, 5) is 11.7. The normalized spacial score (nSPS) is 16.4. The van der Waals surface area contributed by atoms with E-state index >= 15 is 0 Å². The molecule has 1 aromatic heterocycles. The van der Waals surface area contributed by atoms with Gasteiger partial charge in [-0.1, -0.05) is 72.8 Å². The van der Waals surface area contributed by atoms with Crippen molar-refractivity contribution in [3.05, 3.63) is 120 Å². The molecule has 0 saturated heterocycles. The largest absolute Gasteiger partial charge is 0.489 e. The molecule has 0 radical (unpaired) electrons. The van der Waals surface area contributed by atoms with Crippen LogP contribution in [0.5, 0.6) is 11.5 Å². The number of aromatic nitrogens is 2. The van der Waals surface area contributed by atoms with Gasteiger partial charge in [0.1, 0.15) is 30.5 Å². The smallest absolute Gasteiger partial charge is 0.225 e. The molecule has 1 heterocycles. The van der Waals surface area contributed by atoms with Crippen LogP contribution in [-0.2, 0) is 19.8 Å². The van der Waals surface area contributed by atoms with Crippen molar-refractivity contribution in [3.63, 3.8) is 0 Å². The van der Waals surface area contributed by atoms with Crippen LogP contribution in [0, 0.1) is 0 Å². The Morgan fingerprint density at radius 3 is 1.84 bits per heavy atom. The molecule has 1 fully saturated rings. The molecule has 7 nitrogen and oxygen atoms in total. The molecule has 1 aliphatic rings. The van der Waals surface area contributed by atoms with Crippen LogP contribution < -0.4 is 25.0 Å². The lowest BCUT2D eigenvalue weighted by molar-refractivity contribution is 0.289. The molecule has 1 saturated carbocycles. The van der Waals surface area contributed by atoms with Gasteiger partial charge in [0.2, 0.25) is 5.95 Å². The summed E-state index contributed by atoms with van der Waals surface area (Å²) in [6.45, 7) is 1.79. The zero-order valence-corrected chi connectivity index (χ0v) is 25.6. The summed E-state index contributed by atoms with van der Waals surface area (Å²) in [6, 6.07) is 35.7. The molecule has 5 aromatic rings. The van der Waals surface area contributed by atoms with Crippen LogP contribution in [0.25, 0.3) is 10.9 Å². The van der Waals surface area contributed by atoms with Crippen molar-refractivity contribution in [2.24, 2.45) is 0 Å². The Labute approximate surface area is 260 Å². The van der Waals surface area contributed by atoms with Gasteiger partial charge in [-0.05, 0) is 66.6 Å². The maximum atomic E-state index is 6.21. The van der Waals surface area contributed by atoms with Crippen molar-refractivity contribution in [1.82, 2.24) is 15.3 Å². The summed E-state index contributed by atoms with van der Waals surface area (Å²) in [7, 11) is 4.05. The first-order valence-corrected chi connectivity index (χ1v) is 15.5. The van der Waals surface area contributed by atoms with Crippen molar-refractivity contribution < 1.29 is 9.47 Å². The van der Waals surface area contributed by atoms with E-state index in [4.69, 9.17) is 19.4 Å². The number of fused-ring (bicyclic) bond motifs is 1. The summed E-state index contributed by atoms with van der Waals surface area (Å²) in [5, 5.41) is 8.49. The highest BCUT2D eigenvalue weighted by Gasteiger charge is 2.22. The average Bonchev–Trinajstić information content (AvgIpc) is 3.06. The molecule has 7 heteroatoms. The van der Waals surface area contributed by atoms with Gasteiger partial charge in [0.15, 0.2) is 0 Å². The van der Waals surface area contributed by atoms with E-state index in [-0.39, 0.29) is 0 Å². The number of benzene rings is 4. The molecule has 44 heavy (non-hydrogen) atoms. The maximum absolute atomic E-state index is 6.21. The summed E-state index contributed by atoms with van der Waals surface area (Å²) >= 11 is 0. The SMILES string of the molecule is CN(C)c1nc(N[C@H]2CC[C@@H](NCc3cc(OCc4ccccc4)cc(OCc4ccccc4)c3)CC2)nc2ccccc12. The fourth-order valence-corrected chi connectivity index (χ4v) is 5.73. The quantitative estimate of drug-likeness (QED) is 0.158. The predicted molar refractivity (Wildman–Crippen MR) is 178 cm³/mol. The Morgan fingerprint density at radius 1 is 0.659 bits per heavy atom. The number of ether oxygens (including phenoxy) is 2. The molecule has 0 amide bonds. The van der Waals surface area contributed by atoms with Gasteiger partial charge in [0.05, 0.1) is 5.52 Å². The average molecular weight is 588 g/mol. The van der Waals surface area contributed by atoms with Gasteiger partial charge in [-0.25, -0.2) is 4.98 Å². The first-order valence-electron chi connectivity index (χ1n) is 15.5. The molecule has 1 aliphatic carbocycles. The van der Waals surface area contributed by atoms with Gasteiger partial charge in [0, 0.05) is 44.2 Å². The Kier molecular flexibility index (Phi) is 9.53. The standard InChI is InChI=1S/C37H41N5O2/c1-42(2)36-34-15-9-10-16-35(34)40-37(41-36)39-31-19-17-30(18-20-31)38-24-29-21-32(43-25-27-11-5-3-6-12-27)23-33(22-29)44-26-28-13-7-4-8-14-28/h3-16,21-23,30-31,38H,17-20,24-26H2,1-2H3,(H,39,40,41)/t30-,31+. The van der Waals surface area contributed by atoms with Gasteiger partial charge in [0.25, 0.3) is 0 Å². The topological polar surface area (TPSA) is 71.5 Å².